The second-order valence-electron chi connectivity index (χ2n) is 7.62. The minimum atomic E-state index is 0. The summed E-state index contributed by atoms with van der Waals surface area (Å²) in [5.41, 5.74) is 0.510. The molecule has 1 saturated carbocycles. The number of nitrogens with zero attached hydrogens (tertiary/aromatic N) is 1. The topological polar surface area (TPSA) is 32.3 Å². The number of nitrogens with one attached hydrogen (secondary N) is 1. The van der Waals surface area contributed by atoms with Gasteiger partial charge in [-0.3, -0.25) is 4.79 Å². The first-order valence-corrected chi connectivity index (χ1v) is 7.98. The van der Waals surface area contributed by atoms with Gasteiger partial charge in [0.1, 0.15) is 0 Å². The zero-order chi connectivity index (χ0) is 13.6. The van der Waals surface area contributed by atoms with Crippen molar-refractivity contribution in [2.24, 2.45) is 29.1 Å². The molecular formula is C16H29ClN2O. The van der Waals surface area contributed by atoms with Crippen LogP contribution in [0.25, 0.3) is 0 Å². The second kappa shape index (κ2) is 5.84. The van der Waals surface area contributed by atoms with E-state index in [1.165, 1.54) is 12.8 Å². The lowest BCUT2D eigenvalue weighted by Crippen LogP contribution is -2.37. The third kappa shape index (κ3) is 2.85. The van der Waals surface area contributed by atoms with Gasteiger partial charge in [0.2, 0.25) is 5.91 Å². The predicted octanol–water partition coefficient (Wildman–Crippen LogP) is 2.55. The van der Waals surface area contributed by atoms with E-state index < -0.39 is 0 Å². The maximum absolute atomic E-state index is 12.4. The number of piperidine rings is 2. The molecule has 0 radical (unpaired) electrons. The number of hydrogen-bond acceptors (Lipinski definition) is 2. The van der Waals surface area contributed by atoms with Gasteiger partial charge >= 0.3 is 0 Å². The number of fused-ring (bicyclic) bond motifs is 1. The average Bonchev–Trinajstić information content (AvgIpc) is 2.81. The minimum absolute atomic E-state index is 0. The molecule has 20 heavy (non-hydrogen) atoms. The summed E-state index contributed by atoms with van der Waals surface area (Å²) in [6.45, 7) is 11.3. The Kier molecular flexibility index (Phi) is 4.70. The van der Waals surface area contributed by atoms with Gasteiger partial charge in [0.15, 0.2) is 0 Å². The first-order valence-electron chi connectivity index (χ1n) is 7.98. The molecule has 0 bridgehead atoms. The SMILES string of the molecule is CC(CC(=O)N1CC2C(C1)C2(C)C)C1CCCNC1.Cl. The molecule has 3 aliphatic rings. The van der Waals surface area contributed by atoms with Crippen LogP contribution in [0.1, 0.15) is 40.0 Å². The van der Waals surface area contributed by atoms with Crippen molar-refractivity contribution in [2.45, 2.75) is 40.0 Å². The molecule has 0 spiro atoms. The summed E-state index contributed by atoms with van der Waals surface area (Å²) in [6.07, 6.45) is 3.32. The Morgan fingerprint density at radius 2 is 2.00 bits per heavy atom. The van der Waals surface area contributed by atoms with Gasteiger partial charge in [0.05, 0.1) is 0 Å². The molecule has 3 rings (SSSR count). The Morgan fingerprint density at radius 3 is 2.55 bits per heavy atom. The lowest BCUT2D eigenvalue weighted by molar-refractivity contribution is -0.132. The molecule has 2 aliphatic heterocycles. The van der Waals surface area contributed by atoms with E-state index in [0.29, 0.717) is 23.2 Å². The van der Waals surface area contributed by atoms with Crippen LogP contribution in [0.15, 0.2) is 0 Å². The fourth-order valence-electron chi connectivity index (χ4n) is 4.27. The van der Waals surface area contributed by atoms with Crippen molar-refractivity contribution in [3.8, 4) is 0 Å². The number of rotatable bonds is 3. The molecule has 0 aromatic carbocycles. The molecule has 4 atom stereocenters. The van der Waals surface area contributed by atoms with Gasteiger partial charge in [-0.25, -0.2) is 0 Å². The molecular weight excluding hydrogens is 272 g/mol. The maximum atomic E-state index is 12.4. The second-order valence-corrected chi connectivity index (χ2v) is 7.62. The smallest absolute Gasteiger partial charge is 0.222 e. The largest absolute Gasteiger partial charge is 0.342 e. The monoisotopic (exact) mass is 300 g/mol. The van der Waals surface area contributed by atoms with E-state index in [2.05, 4.69) is 31.0 Å². The van der Waals surface area contributed by atoms with Gasteiger partial charge in [-0.1, -0.05) is 20.8 Å². The van der Waals surface area contributed by atoms with E-state index in [1.807, 2.05) is 0 Å². The molecule has 2 heterocycles. The van der Waals surface area contributed by atoms with Crippen molar-refractivity contribution in [3.05, 3.63) is 0 Å². The van der Waals surface area contributed by atoms with E-state index in [1.54, 1.807) is 0 Å². The lowest BCUT2D eigenvalue weighted by Gasteiger charge is -2.30. The molecule has 0 aromatic rings. The number of hydrogen-bond donors (Lipinski definition) is 1. The first kappa shape index (κ1) is 16.1. The van der Waals surface area contributed by atoms with Crippen LogP contribution in [-0.2, 0) is 4.79 Å². The van der Waals surface area contributed by atoms with Gasteiger partial charge < -0.3 is 10.2 Å². The van der Waals surface area contributed by atoms with Crippen molar-refractivity contribution in [1.29, 1.82) is 0 Å². The van der Waals surface area contributed by atoms with E-state index in [-0.39, 0.29) is 12.4 Å². The third-order valence-electron chi connectivity index (χ3n) is 6.11. The molecule has 1 amide bonds. The molecule has 4 heteroatoms. The highest BCUT2D eigenvalue weighted by atomic mass is 35.5. The van der Waals surface area contributed by atoms with Crippen LogP contribution in [0, 0.1) is 29.1 Å². The fourth-order valence-corrected chi connectivity index (χ4v) is 4.27. The molecule has 2 saturated heterocycles. The normalized spacial score (nSPS) is 36.0. The van der Waals surface area contributed by atoms with Crippen molar-refractivity contribution in [2.75, 3.05) is 26.2 Å². The minimum Gasteiger partial charge on any atom is -0.342 e. The Hall–Kier alpha value is -0.280. The molecule has 1 aliphatic carbocycles. The van der Waals surface area contributed by atoms with Crippen LogP contribution in [0.3, 0.4) is 0 Å². The number of likely N-dealkylation sites (tertiary alicyclic amines) is 1. The van der Waals surface area contributed by atoms with E-state index in [4.69, 9.17) is 0 Å². The summed E-state index contributed by atoms with van der Waals surface area (Å²) in [4.78, 5) is 14.5. The Labute approximate surface area is 129 Å². The highest BCUT2D eigenvalue weighted by Gasteiger charge is 2.62. The fraction of sp³-hybridized carbons (Fsp3) is 0.938. The number of carbonyl (C=O) groups is 1. The molecule has 3 nitrogen and oxygen atoms in total. The molecule has 1 N–H and O–H groups in total. The molecule has 0 aromatic heterocycles. The summed E-state index contributed by atoms with van der Waals surface area (Å²) < 4.78 is 0. The Balaban J connectivity index is 0.00000147. The predicted molar refractivity (Wildman–Crippen MR) is 84.0 cm³/mol. The van der Waals surface area contributed by atoms with E-state index in [9.17, 15) is 4.79 Å². The van der Waals surface area contributed by atoms with Crippen LogP contribution < -0.4 is 5.32 Å². The quantitative estimate of drug-likeness (QED) is 0.869. The van der Waals surface area contributed by atoms with E-state index in [0.717, 1.165) is 44.4 Å². The van der Waals surface area contributed by atoms with Crippen molar-refractivity contribution in [3.63, 3.8) is 0 Å². The van der Waals surface area contributed by atoms with Gasteiger partial charge in [-0.15, -0.1) is 12.4 Å². The van der Waals surface area contributed by atoms with Crippen LogP contribution >= 0.6 is 12.4 Å². The zero-order valence-electron chi connectivity index (χ0n) is 13.0. The average molecular weight is 301 g/mol. The number of amides is 1. The summed E-state index contributed by atoms with van der Waals surface area (Å²) in [5.74, 6) is 3.20. The molecule has 4 unspecified atom stereocenters. The lowest BCUT2D eigenvalue weighted by atomic mass is 9.85. The van der Waals surface area contributed by atoms with Gasteiger partial charge in [-0.05, 0) is 55.0 Å². The summed E-state index contributed by atoms with van der Waals surface area (Å²) >= 11 is 0. The van der Waals surface area contributed by atoms with Crippen LogP contribution in [0.4, 0.5) is 0 Å². The first-order chi connectivity index (χ1) is 9.00. The Morgan fingerprint density at radius 1 is 1.35 bits per heavy atom. The standard InChI is InChI=1S/C16H28N2O.ClH/c1-11(12-5-4-6-17-8-12)7-15(19)18-9-13-14(10-18)16(13,2)3;/h11-14,17H,4-10H2,1-3H3;1H. The zero-order valence-corrected chi connectivity index (χ0v) is 13.8. The van der Waals surface area contributed by atoms with Crippen molar-refractivity contribution in [1.82, 2.24) is 10.2 Å². The summed E-state index contributed by atoms with van der Waals surface area (Å²) in [6, 6.07) is 0. The molecule has 3 fully saturated rings. The summed E-state index contributed by atoms with van der Waals surface area (Å²) in [7, 11) is 0. The van der Waals surface area contributed by atoms with Gasteiger partial charge in [0.25, 0.3) is 0 Å². The van der Waals surface area contributed by atoms with Crippen LogP contribution in [0.2, 0.25) is 0 Å². The van der Waals surface area contributed by atoms with Crippen molar-refractivity contribution < 1.29 is 4.79 Å². The summed E-state index contributed by atoms with van der Waals surface area (Å²) in [5, 5.41) is 3.46. The van der Waals surface area contributed by atoms with Crippen molar-refractivity contribution >= 4 is 18.3 Å². The third-order valence-corrected chi connectivity index (χ3v) is 6.11. The highest BCUT2D eigenvalue weighted by Crippen LogP contribution is 2.62. The van der Waals surface area contributed by atoms with Gasteiger partial charge in [-0.2, -0.15) is 0 Å². The number of halogens is 1. The maximum Gasteiger partial charge on any atom is 0.222 e. The van der Waals surface area contributed by atoms with Gasteiger partial charge in [0, 0.05) is 19.5 Å². The van der Waals surface area contributed by atoms with Crippen LogP contribution in [-0.4, -0.2) is 37.0 Å². The highest BCUT2D eigenvalue weighted by molar-refractivity contribution is 5.85. The Bertz CT molecular complexity index is 351. The number of carbonyl (C=O) groups excluding carboxylic acids is 1. The van der Waals surface area contributed by atoms with Crippen LogP contribution in [0.5, 0.6) is 0 Å². The van der Waals surface area contributed by atoms with E-state index >= 15 is 0 Å². The molecule has 116 valence electrons.